The highest BCUT2D eigenvalue weighted by atomic mass is 32.1. The molecule has 1 N–H and O–H groups in total. The molecular formula is C12H12N6S. The van der Waals surface area contributed by atoms with Crippen LogP contribution >= 0.6 is 12.2 Å². The first kappa shape index (κ1) is 11.8. The zero-order chi connectivity index (χ0) is 13.2. The van der Waals surface area contributed by atoms with Crippen LogP contribution in [0.15, 0.2) is 36.5 Å². The Morgan fingerprint density at radius 2 is 2.05 bits per heavy atom. The zero-order valence-electron chi connectivity index (χ0n) is 10.3. The molecule has 0 spiro atoms. The van der Waals surface area contributed by atoms with E-state index >= 15 is 0 Å². The quantitative estimate of drug-likeness (QED) is 0.738. The molecule has 0 unspecified atom stereocenters. The van der Waals surface area contributed by atoms with Crippen molar-refractivity contribution in [3.8, 4) is 11.4 Å². The van der Waals surface area contributed by atoms with Crippen molar-refractivity contribution in [1.29, 1.82) is 0 Å². The molecule has 0 saturated heterocycles. The summed E-state index contributed by atoms with van der Waals surface area (Å²) < 4.78 is 2.56. The second-order valence-corrected chi connectivity index (χ2v) is 4.55. The van der Waals surface area contributed by atoms with Crippen LogP contribution in [0.4, 0.5) is 0 Å². The summed E-state index contributed by atoms with van der Waals surface area (Å²) in [5, 5.41) is 15.1. The molecule has 1 aromatic carbocycles. The first-order valence-electron chi connectivity index (χ1n) is 5.80. The van der Waals surface area contributed by atoms with Gasteiger partial charge in [-0.1, -0.05) is 42.5 Å². The van der Waals surface area contributed by atoms with Gasteiger partial charge in [0.2, 0.25) is 5.82 Å². The van der Waals surface area contributed by atoms with E-state index in [-0.39, 0.29) is 0 Å². The molecule has 0 atom stereocenters. The molecule has 0 aliphatic heterocycles. The van der Waals surface area contributed by atoms with Crippen LogP contribution in [0.3, 0.4) is 0 Å². The fraction of sp³-hybridized carbons (Fsp3) is 0.167. The fourth-order valence-electron chi connectivity index (χ4n) is 1.84. The van der Waals surface area contributed by atoms with Crippen LogP contribution in [-0.4, -0.2) is 30.0 Å². The molecule has 2 aromatic heterocycles. The average Bonchev–Trinajstić information content (AvgIpc) is 2.99. The van der Waals surface area contributed by atoms with E-state index in [2.05, 4.69) is 32.6 Å². The predicted octanol–water partition coefficient (Wildman–Crippen LogP) is 1.78. The highest BCUT2D eigenvalue weighted by Gasteiger charge is 2.10. The molecule has 0 saturated carbocycles. The molecule has 0 aliphatic carbocycles. The summed E-state index contributed by atoms with van der Waals surface area (Å²) in [6, 6.07) is 10.1. The number of nitrogens with one attached hydrogen (secondary N) is 1. The topological polar surface area (TPSA) is 64.3 Å². The van der Waals surface area contributed by atoms with Crippen molar-refractivity contribution in [1.82, 2.24) is 30.0 Å². The molecule has 0 bridgehead atoms. The highest BCUT2D eigenvalue weighted by Crippen LogP contribution is 2.15. The monoisotopic (exact) mass is 272 g/mol. The van der Waals surface area contributed by atoms with Crippen molar-refractivity contribution in [2.45, 2.75) is 6.54 Å². The van der Waals surface area contributed by atoms with Gasteiger partial charge in [-0.05, 0) is 10.8 Å². The standard InChI is InChI=1S/C12H12N6S/c1-17-15-11(14-16-17)10-7-13-18(12(10)19)8-9-5-3-2-4-6-9/h2-7,13H,8H2,1H3. The van der Waals surface area contributed by atoms with Crippen LogP contribution in [0.25, 0.3) is 11.4 Å². The zero-order valence-corrected chi connectivity index (χ0v) is 11.1. The normalized spacial score (nSPS) is 10.8. The molecule has 2 heterocycles. The number of aryl methyl sites for hydroxylation is 1. The lowest BCUT2D eigenvalue weighted by Crippen LogP contribution is -2.01. The Morgan fingerprint density at radius 3 is 2.74 bits per heavy atom. The van der Waals surface area contributed by atoms with Crippen LogP contribution in [0.2, 0.25) is 0 Å². The number of benzene rings is 1. The number of hydrogen-bond acceptors (Lipinski definition) is 4. The smallest absolute Gasteiger partial charge is 0.209 e. The maximum Gasteiger partial charge on any atom is 0.209 e. The third kappa shape index (κ3) is 2.32. The molecule has 0 fully saturated rings. The summed E-state index contributed by atoms with van der Waals surface area (Å²) in [4.78, 5) is 1.42. The summed E-state index contributed by atoms with van der Waals surface area (Å²) in [7, 11) is 1.73. The minimum atomic E-state index is 0.538. The molecule has 3 aromatic rings. The Hall–Kier alpha value is -2.28. The molecule has 0 aliphatic rings. The molecule has 3 rings (SSSR count). The maximum absolute atomic E-state index is 5.43. The fourth-order valence-corrected chi connectivity index (χ4v) is 2.11. The van der Waals surface area contributed by atoms with Gasteiger partial charge in [-0.2, -0.15) is 4.80 Å². The Kier molecular flexibility index (Phi) is 2.96. The van der Waals surface area contributed by atoms with Gasteiger partial charge in [-0.3, -0.25) is 4.68 Å². The van der Waals surface area contributed by atoms with E-state index in [4.69, 9.17) is 12.2 Å². The molecule has 6 nitrogen and oxygen atoms in total. The highest BCUT2D eigenvalue weighted by molar-refractivity contribution is 7.71. The molecule has 0 amide bonds. The van der Waals surface area contributed by atoms with Crippen LogP contribution < -0.4 is 0 Å². The second kappa shape index (κ2) is 4.77. The van der Waals surface area contributed by atoms with Crippen molar-refractivity contribution in [2.24, 2.45) is 7.05 Å². The van der Waals surface area contributed by atoms with E-state index in [1.807, 2.05) is 29.1 Å². The van der Waals surface area contributed by atoms with Crippen LogP contribution in [0, 0.1) is 4.64 Å². The largest absolute Gasteiger partial charge is 0.304 e. The van der Waals surface area contributed by atoms with E-state index in [1.165, 1.54) is 10.4 Å². The van der Waals surface area contributed by atoms with Gasteiger partial charge in [0.15, 0.2) is 0 Å². The second-order valence-electron chi connectivity index (χ2n) is 4.17. The van der Waals surface area contributed by atoms with Gasteiger partial charge < -0.3 is 5.10 Å². The van der Waals surface area contributed by atoms with Crippen molar-refractivity contribution in [2.75, 3.05) is 0 Å². The van der Waals surface area contributed by atoms with E-state index in [9.17, 15) is 0 Å². The molecular weight excluding hydrogens is 260 g/mol. The van der Waals surface area contributed by atoms with Crippen LogP contribution in [0.1, 0.15) is 5.56 Å². The Labute approximate surface area is 114 Å². The van der Waals surface area contributed by atoms with Crippen molar-refractivity contribution >= 4 is 12.2 Å². The third-order valence-corrected chi connectivity index (χ3v) is 3.21. The van der Waals surface area contributed by atoms with Crippen molar-refractivity contribution in [3.63, 3.8) is 0 Å². The average molecular weight is 272 g/mol. The molecule has 19 heavy (non-hydrogen) atoms. The van der Waals surface area contributed by atoms with Gasteiger partial charge in [0.1, 0.15) is 4.64 Å². The number of aromatic nitrogens is 6. The number of aromatic amines is 1. The summed E-state index contributed by atoms with van der Waals surface area (Å²) in [6.45, 7) is 0.694. The van der Waals surface area contributed by atoms with Gasteiger partial charge in [0.05, 0.1) is 19.2 Å². The van der Waals surface area contributed by atoms with E-state index in [0.717, 1.165) is 5.56 Å². The predicted molar refractivity (Wildman–Crippen MR) is 73.0 cm³/mol. The molecule has 96 valence electrons. The Morgan fingerprint density at radius 1 is 1.26 bits per heavy atom. The van der Waals surface area contributed by atoms with E-state index < -0.39 is 0 Å². The van der Waals surface area contributed by atoms with Crippen LogP contribution in [-0.2, 0) is 13.6 Å². The number of H-pyrrole nitrogens is 1. The van der Waals surface area contributed by atoms with Gasteiger partial charge >= 0.3 is 0 Å². The summed E-state index contributed by atoms with van der Waals surface area (Å²) in [6.07, 6.45) is 1.81. The van der Waals surface area contributed by atoms with E-state index in [1.54, 1.807) is 7.05 Å². The molecule has 0 radical (unpaired) electrons. The van der Waals surface area contributed by atoms with Gasteiger partial charge in [0, 0.05) is 6.20 Å². The number of tetrazole rings is 1. The summed E-state index contributed by atoms with van der Waals surface area (Å²) in [5.74, 6) is 0.538. The number of hydrogen-bond donors (Lipinski definition) is 1. The first-order valence-corrected chi connectivity index (χ1v) is 6.21. The number of nitrogens with zero attached hydrogens (tertiary/aromatic N) is 5. The maximum atomic E-state index is 5.43. The lowest BCUT2D eigenvalue weighted by Gasteiger charge is -2.02. The summed E-state index contributed by atoms with van der Waals surface area (Å²) >= 11 is 5.43. The summed E-state index contributed by atoms with van der Waals surface area (Å²) in [5.41, 5.74) is 1.97. The van der Waals surface area contributed by atoms with E-state index in [0.29, 0.717) is 17.0 Å². The minimum absolute atomic E-state index is 0.538. The van der Waals surface area contributed by atoms with Gasteiger partial charge in [0.25, 0.3) is 0 Å². The minimum Gasteiger partial charge on any atom is -0.304 e. The van der Waals surface area contributed by atoms with Gasteiger partial charge in [-0.25, -0.2) is 0 Å². The van der Waals surface area contributed by atoms with Crippen molar-refractivity contribution in [3.05, 3.63) is 46.7 Å². The van der Waals surface area contributed by atoms with Gasteiger partial charge in [-0.15, -0.1) is 10.2 Å². The van der Waals surface area contributed by atoms with Crippen molar-refractivity contribution < 1.29 is 0 Å². The third-order valence-electron chi connectivity index (χ3n) is 2.77. The first-order chi connectivity index (χ1) is 9.24. The lowest BCUT2D eigenvalue weighted by atomic mass is 10.2. The lowest BCUT2D eigenvalue weighted by molar-refractivity contribution is 0.630. The van der Waals surface area contributed by atoms with Crippen LogP contribution in [0.5, 0.6) is 0 Å². The SMILES string of the molecule is Cn1nnc(-c2c[nH]n(Cc3ccccc3)c2=S)n1. The Bertz CT molecular complexity index is 739. The number of rotatable bonds is 3. The Balaban J connectivity index is 1.93. The molecule has 7 heteroatoms.